The van der Waals surface area contributed by atoms with E-state index in [1.54, 1.807) is 18.2 Å². The number of hydrogen-bond donors (Lipinski definition) is 0. The lowest BCUT2D eigenvalue weighted by Crippen LogP contribution is -2.02. The molecular formula is C13H8Cl2FNO3. The zero-order valence-electron chi connectivity index (χ0n) is 9.98. The Kier molecular flexibility index (Phi) is 4.42. The Morgan fingerprint density at radius 3 is 2.60 bits per heavy atom. The molecule has 0 unspecified atom stereocenters. The van der Waals surface area contributed by atoms with E-state index in [9.17, 15) is 14.5 Å². The molecular weight excluding hydrogens is 308 g/mol. The third-order valence-electron chi connectivity index (χ3n) is 2.55. The van der Waals surface area contributed by atoms with Crippen LogP contribution in [0.15, 0.2) is 36.4 Å². The van der Waals surface area contributed by atoms with Gasteiger partial charge in [0, 0.05) is 11.6 Å². The van der Waals surface area contributed by atoms with Crippen molar-refractivity contribution in [3.8, 4) is 5.75 Å². The number of ether oxygens (including phenoxy) is 1. The lowest BCUT2D eigenvalue weighted by molar-refractivity contribution is -0.387. The van der Waals surface area contributed by atoms with E-state index in [2.05, 4.69) is 0 Å². The van der Waals surface area contributed by atoms with Gasteiger partial charge in [0.2, 0.25) is 5.82 Å². The molecule has 2 rings (SSSR count). The van der Waals surface area contributed by atoms with Gasteiger partial charge in [-0.25, -0.2) is 0 Å². The van der Waals surface area contributed by atoms with E-state index in [1.165, 1.54) is 12.1 Å². The van der Waals surface area contributed by atoms with Crippen molar-refractivity contribution in [1.29, 1.82) is 0 Å². The fraction of sp³-hybridized carbons (Fsp3) is 0.0769. The number of rotatable bonds is 4. The van der Waals surface area contributed by atoms with Gasteiger partial charge in [-0.05, 0) is 12.1 Å². The first-order valence-electron chi connectivity index (χ1n) is 5.49. The molecule has 0 saturated carbocycles. The topological polar surface area (TPSA) is 52.4 Å². The van der Waals surface area contributed by atoms with Gasteiger partial charge in [0.05, 0.1) is 9.95 Å². The highest BCUT2D eigenvalue weighted by Crippen LogP contribution is 2.32. The highest BCUT2D eigenvalue weighted by molar-refractivity contribution is 6.42. The minimum atomic E-state index is -0.921. The third-order valence-corrected chi connectivity index (χ3v) is 3.36. The van der Waals surface area contributed by atoms with Crippen molar-refractivity contribution in [1.82, 2.24) is 0 Å². The maximum absolute atomic E-state index is 13.8. The number of benzene rings is 2. The molecule has 20 heavy (non-hydrogen) atoms. The van der Waals surface area contributed by atoms with E-state index >= 15 is 0 Å². The molecule has 0 saturated heterocycles. The van der Waals surface area contributed by atoms with Gasteiger partial charge < -0.3 is 4.74 Å². The van der Waals surface area contributed by atoms with Crippen LogP contribution in [-0.2, 0) is 6.61 Å². The predicted octanol–water partition coefficient (Wildman–Crippen LogP) is 4.62. The smallest absolute Gasteiger partial charge is 0.305 e. The van der Waals surface area contributed by atoms with Crippen LogP contribution in [0.1, 0.15) is 5.56 Å². The summed E-state index contributed by atoms with van der Waals surface area (Å²) in [7, 11) is 0. The Morgan fingerprint density at radius 1 is 1.20 bits per heavy atom. The number of nitro groups is 1. The first-order chi connectivity index (χ1) is 9.50. The van der Waals surface area contributed by atoms with E-state index < -0.39 is 16.4 Å². The van der Waals surface area contributed by atoms with Crippen LogP contribution in [0, 0.1) is 15.9 Å². The van der Waals surface area contributed by atoms with Crippen molar-refractivity contribution in [3.63, 3.8) is 0 Å². The molecule has 2 aromatic rings. The lowest BCUT2D eigenvalue weighted by atomic mass is 10.2. The summed E-state index contributed by atoms with van der Waals surface area (Å²) in [5, 5.41) is 11.2. The number of nitrogens with zero attached hydrogens (tertiary/aromatic N) is 1. The van der Waals surface area contributed by atoms with E-state index in [0.29, 0.717) is 5.02 Å². The molecule has 0 heterocycles. The Hall–Kier alpha value is -1.85. The van der Waals surface area contributed by atoms with Crippen LogP contribution >= 0.6 is 23.2 Å². The van der Waals surface area contributed by atoms with Crippen LogP contribution < -0.4 is 4.74 Å². The molecule has 0 bridgehead atoms. The summed E-state index contributed by atoms with van der Waals surface area (Å²) in [5.41, 5.74) is -0.529. The Labute approximate surface area is 123 Å². The van der Waals surface area contributed by atoms with Crippen molar-refractivity contribution in [3.05, 3.63) is 67.9 Å². The molecule has 0 aliphatic heterocycles. The van der Waals surface area contributed by atoms with Gasteiger partial charge in [-0.1, -0.05) is 41.4 Å². The molecule has 0 fully saturated rings. The van der Waals surface area contributed by atoms with Crippen molar-refractivity contribution in [2.75, 3.05) is 0 Å². The first-order valence-corrected chi connectivity index (χ1v) is 6.25. The normalized spacial score (nSPS) is 10.3. The van der Waals surface area contributed by atoms with E-state index in [-0.39, 0.29) is 22.9 Å². The molecule has 0 aromatic heterocycles. The molecule has 104 valence electrons. The summed E-state index contributed by atoms with van der Waals surface area (Å²) >= 11 is 11.7. The maximum atomic E-state index is 13.8. The van der Waals surface area contributed by atoms with Crippen LogP contribution in [0.3, 0.4) is 0 Å². The summed E-state index contributed by atoms with van der Waals surface area (Å²) < 4.78 is 19.2. The van der Waals surface area contributed by atoms with Crippen LogP contribution in [0.2, 0.25) is 10.0 Å². The molecule has 0 aliphatic carbocycles. The highest BCUT2D eigenvalue weighted by Gasteiger charge is 2.17. The van der Waals surface area contributed by atoms with Gasteiger partial charge in [-0.15, -0.1) is 0 Å². The summed E-state index contributed by atoms with van der Waals surface area (Å²) in [5.74, 6) is -0.638. The van der Waals surface area contributed by atoms with Gasteiger partial charge >= 0.3 is 5.69 Å². The monoisotopic (exact) mass is 315 g/mol. The minimum absolute atomic E-state index is 0.0650. The average Bonchev–Trinajstić information content (AvgIpc) is 2.41. The molecule has 0 spiro atoms. The SMILES string of the molecule is O=[N+]([O-])c1cccc(COc2cccc(Cl)c2Cl)c1F. The van der Waals surface area contributed by atoms with Crippen LogP contribution in [0.5, 0.6) is 5.75 Å². The summed E-state index contributed by atoms with van der Waals surface area (Å²) in [6, 6.07) is 8.67. The number of halogens is 3. The third kappa shape index (κ3) is 3.00. The van der Waals surface area contributed by atoms with E-state index in [1.807, 2.05) is 0 Å². The Balaban J connectivity index is 2.21. The summed E-state index contributed by atoms with van der Waals surface area (Å²) in [6.45, 7) is -0.187. The van der Waals surface area contributed by atoms with Gasteiger partial charge in [-0.2, -0.15) is 4.39 Å². The molecule has 7 heteroatoms. The van der Waals surface area contributed by atoms with Crippen molar-refractivity contribution < 1.29 is 14.1 Å². The van der Waals surface area contributed by atoms with Gasteiger partial charge in [0.1, 0.15) is 17.4 Å². The maximum Gasteiger partial charge on any atom is 0.305 e. The van der Waals surface area contributed by atoms with Crippen molar-refractivity contribution >= 4 is 28.9 Å². The van der Waals surface area contributed by atoms with Crippen LogP contribution in [-0.4, -0.2) is 4.92 Å². The minimum Gasteiger partial charge on any atom is -0.487 e. The van der Waals surface area contributed by atoms with Crippen LogP contribution in [0.25, 0.3) is 0 Å². The van der Waals surface area contributed by atoms with Crippen molar-refractivity contribution in [2.24, 2.45) is 0 Å². The second-order valence-corrected chi connectivity index (χ2v) is 4.63. The predicted molar refractivity (Wildman–Crippen MR) is 73.8 cm³/mol. The molecule has 0 aliphatic rings. The van der Waals surface area contributed by atoms with E-state index in [0.717, 1.165) is 6.07 Å². The van der Waals surface area contributed by atoms with E-state index in [4.69, 9.17) is 27.9 Å². The van der Waals surface area contributed by atoms with Gasteiger partial charge in [-0.3, -0.25) is 10.1 Å². The quantitative estimate of drug-likeness (QED) is 0.611. The molecule has 0 amide bonds. The second kappa shape index (κ2) is 6.07. The average molecular weight is 316 g/mol. The number of hydrogen-bond acceptors (Lipinski definition) is 3. The standard InChI is InChI=1S/C13H8Cl2FNO3/c14-9-4-2-6-11(12(9)15)20-7-8-3-1-5-10(13(8)16)17(18)19/h1-6H,7H2. The summed E-state index contributed by atoms with van der Waals surface area (Å²) in [4.78, 5) is 9.85. The zero-order chi connectivity index (χ0) is 14.7. The largest absolute Gasteiger partial charge is 0.487 e. The lowest BCUT2D eigenvalue weighted by Gasteiger charge is -2.09. The molecule has 0 radical (unpaired) electrons. The Morgan fingerprint density at radius 2 is 1.90 bits per heavy atom. The van der Waals surface area contributed by atoms with Gasteiger partial charge in [0.25, 0.3) is 0 Å². The molecule has 4 nitrogen and oxygen atoms in total. The fourth-order valence-electron chi connectivity index (χ4n) is 1.57. The fourth-order valence-corrected chi connectivity index (χ4v) is 1.92. The highest BCUT2D eigenvalue weighted by atomic mass is 35.5. The number of nitro benzene ring substituents is 1. The van der Waals surface area contributed by atoms with Crippen LogP contribution in [0.4, 0.5) is 10.1 Å². The molecule has 2 aromatic carbocycles. The Bertz CT molecular complexity index is 664. The molecule has 0 atom stereocenters. The molecule has 0 N–H and O–H groups in total. The first kappa shape index (κ1) is 14.6. The van der Waals surface area contributed by atoms with Crippen molar-refractivity contribution in [2.45, 2.75) is 6.61 Å². The second-order valence-electron chi connectivity index (χ2n) is 3.85. The summed E-state index contributed by atoms with van der Waals surface area (Å²) in [6.07, 6.45) is 0. The van der Waals surface area contributed by atoms with Gasteiger partial charge in [0.15, 0.2) is 0 Å². The zero-order valence-corrected chi connectivity index (χ0v) is 11.5.